The largest absolute Gasteiger partial charge is 0.459 e. The highest BCUT2D eigenvalue weighted by atomic mass is 32.1. The first kappa shape index (κ1) is 22.3. The second-order valence-corrected chi connectivity index (χ2v) is 9.53. The molecule has 31 heavy (non-hydrogen) atoms. The maximum atomic E-state index is 13.3. The minimum Gasteiger partial charge on any atom is -0.459 e. The van der Waals surface area contributed by atoms with Crippen molar-refractivity contribution in [2.24, 2.45) is 0 Å². The average Bonchev–Trinajstić information content (AvgIpc) is 3.25. The summed E-state index contributed by atoms with van der Waals surface area (Å²) in [5.74, 6) is 0.443. The molecule has 6 heteroatoms. The molecule has 1 aliphatic carbocycles. The molecule has 2 aromatic rings. The van der Waals surface area contributed by atoms with Gasteiger partial charge in [-0.15, -0.1) is 11.3 Å². The van der Waals surface area contributed by atoms with Crippen LogP contribution >= 0.6 is 11.3 Å². The molecule has 0 unspecified atom stereocenters. The molecule has 4 rings (SSSR count). The second-order valence-electron chi connectivity index (χ2n) is 8.62. The number of nitrogens with zero attached hydrogens (tertiary/aromatic N) is 1. The Bertz CT molecular complexity index is 902. The van der Waals surface area contributed by atoms with Gasteiger partial charge in [0.15, 0.2) is 5.76 Å². The lowest BCUT2D eigenvalue weighted by Gasteiger charge is -2.34. The van der Waals surface area contributed by atoms with Gasteiger partial charge in [0.1, 0.15) is 0 Å². The van der Waals surface area contributed by atoms with Gasteiger partial charge in [0.25, 0.3) is 5.91 Å². The SMILES string of the molecule is CN(C(=O)C1=C[C@H](c2csc3ccccc23)C[C@H](OCCCCO)O1)C1CCCCC1. The van der Waals surface area contributed by atoms with E-state index in [0.29, 0.717) is 25.2 Å². The average molecular weight is 444 g/mol. The number of likely N-dealkylation sites (N-methyl/N-ethyl adjacent to an activating group) is 1. The van der Waals surface area contributed by atoms with E-state index in [1.54, 1.807) is 11.3 Å². The number of aliphatic hydroxyl groups is 1. The molecule has 1 aromatic heterocycles. The molecular weight excluding hydrogens is 410 g/mol. The quantitative estimate of drug-likeness (QED) is 0.570. The van der Waals surface area contributed by atoms with Crippen LogP contribution < -0.4 is 0 Å². The Morgan fingerprint density at radius 1 is 1.23 bits per heavy atom. The van der Waals surface area contributed by atoms with Crippen molar-refractivity contribution in [3.63, 3.8) is 0 Å². The zero-order chi connectivity index (χ0) is 21.6. The Labute approximate surface area is 188 Å². The van der Waals surface area contributed by atoms with Crippen LogP contribution in [0.4, 0.5) is 0 Å². The number of carbonyl (C=O) groups is 1. The van der Waals surface area contributed by atoms with Crippen LogP contribution in [0.2, 0.25) is 0 Å². The molecule has 1 aromatic carbocycles. The standard InChI is InChI=1S/C25H33NO4S/c1-26(19-9-3-2-4-10-19)25(28)22-15-18(16-24(30-22)29-14-8-7-13-27)21-17-31-23-12-6-5-11-20(21)23/h5-6,11-12,15,17-19,24,27H,2-4,7-10,13-14,16H2,1H3/t18-,24+/m0/s1. The fourth-order valence-corrected chi connectivity index (χ4v) is 5.68. The van der Waals surface area contributed by atoms with Gasteiger partial charge < -0.3 is 19.5 Å². The molecule has 2 heterocycles. The second kappa shape index (κ2) is 10.6. The Hall–Kier alpha value is -1.89. The third-order valence-corrected chi connectivity index (χ3v) is 7.46. The van der Waals surface area contributed by atoms with E-state index in [0.717, 1.165) is 19.3 Å². The topological polar surface area (TPSA) is 59.0 Å². The fourth-order valence-electron chi connectivity index (χ4n) is 4.65. The van der Waals surface area contributed by atoms with Gasteiger partial charge >= 0.3 is 0 Å². The van der Waals surface area contributed by atoms with Crippen molar-refractivity contribution >= 4 is 27.3 Å². The van der Waals surface area contributed by atoms with Gasteiger partial charge in [-0.3, -0.25) is 4.79 Å². The van der Waals surface area contributed by atoms with E-state index >= 15 is 0 Å². The van der Waals surface area contributed by atoms with E-state index in [1.807, 2.05) is 18.0 Å². The molecule has 2 aliphatic rings. The number of benzene rings is 1. The summed E-state index contributed by atoms with van der Waals surface area (Å²) in [6.07, 6.45) is 9.47. The maximum Gasteiger partial charge on any atom is 0.288 e. The first-order valence-electron chi connectivity index (χ1n) is 11.5. The van der Waals surface area contributed by atoms with Crippen LogP contribution in [0, 0.1) is 0 Å². The highest BCUT2D eigenvalue weighted by Crippen LogP contribution is 2.38. The van der Waals surface area contributed by atoms with Crippen LogP contribution in [0.15, 0.2) is 41.5 Å². The normalized spacial score (nSPS) is 22.2. The van der Waals surface area contributed by atoms with E-state index in [2.05, 4.69) is 29.6 Å². The molecule has 5 nitrogen and oxygen atoms in total. The lowest BCUT2D eigenvalue weighted by molar-refractivity contribution is -0.153. The molecule has 1 N–H and O–H groups in total. The lowest BCUT2D eigenvalue weighted by Crippen LogP contribution is -2.41. The number of allylic oxidation sites excluding steroid dienone is 1. The molecule has 1 amide bonds. The first-order chi connectivity index (χ1) is 15.2. The van der Waals surface area contributed by atoms with Crippen molar-refractivity contribution < 1.29 is 19.4 Å². The number of rotatable bonds is 8. The summed E-state index contributed by atoms with van der Waals surface area (Å²) in [5.41, 5.74) is 1.23. The lowest BCUT2D eigenvalue weighted by atomic mass is 9.91. The minimum atomic E-state index is -0.453. The smallest absolute Gasteiger partial charge is 0.288 e. The van der Waals surface area contributed by atoms with Crippen molar-refractivity contribution in [3.8, 4) is 0 Å². The number of thiophene rings is 1. The summed E-state index contributed by atoms with van der Waals surface area (Å²) in [6.45, 7) is 0.677. The van der Waals surface area contributed by atoms with Crippen molar-refractivity contribution in [1.29, 1.82) is 0 Å². The van der Waals surface area contributed by atoms with Gasteiger partial charge in [-0.1, -0.05) is 37.5 Å². The van der Waals surface area contributed by atoms with Crippen molar-refractivity contribution in [2.45, 2.75) is 69.6 Å². The van der Waals surface area contributed by atoms with Gasteiger partial charge in [0.05, 0.1) is 6.61 Å². The van der Waals surface area contributed by atoms with E-state index in [9.17, 15) is 4.79 Å². The summed E-state index contributed by atoms with van der Waals surface area (Å²) in [4.78, 5) is 15.2. The number of amides is 1. The van der Waals surface area contributed by atoms with Crippen molar-refractivity contribution in [3.05, 3.63) is 47.0 Å². The Morgan fingerprint density at radius 3 is 2.84 bits per heavy atom. The Morgan fingerprint density at radius 2 is 2.03 bits per heavy atom. The Kier molecular flexibility index (Phi) is 7.64. The molecule has 0 spiro atoms. The first-order valence-corrected chi connectivity index (χ1v) is 12.4. The third-order valence-electron chi connectivity index (χ3n) is 6.48. The van der Waals surface area contributed by atoms with Crippen molar-refractivity contribution in [2.75, 3.05) is 20.3 Å². The van der Waals surface area contributed by atoms with Crippen LogP contribution in [-0.4, -0.2) is 48.5 Å². The van der Waals surface area contributed by atoms with Gasteiger partial charge in [0.2, 0.25) is 6.29 Å². The van der Waals surface area contributed by atoms with E-state index in [1.165, 1.54) is 34.9 Å². The number of aliphatic hydroxyl groups excluding tert-OH is 1. The molecule has 0 bridgehead atoms. The molecule has 1 saturated carbocycles. The molecule has 2 atom stereocenters. The number of unbranched alkanes of at least 4 members (excludes halogenated alkanes) is 1. The number of hydrogen-bond donors (Lipinski definition) is 1. The van der Waals surface area contributed by atoms with Crippen LogP contribution in [0.3, 0.4) is 0 Å². The van der Waals surface area contributed by atoms with Crippen LogP contribution in [0.1, 0.15) is 62.8 Å². The molecule has 1 fully saturated rings. The fraction of sp³-hybridized carbons (Fsp3) is 0.560. The predicted molar refractivity (Wildman–Crippen MR) is 124 cm³/mol. The number of carbonyl (C=O) groups excluding carboxylic acids is 1. The van der Waals surface area contributed by atoms with Crippen LogP contribution in [-0.2, 0) is 14.3 Å². The maximum absolute atomic E-state index is 13.3. The van der Waals surface area contributed by atoms with E-state index < -0.39 is 6.29 Å². The zero-order valence-corrected chi connectivity index (χ0v) is 19.1. The summed E-state index contributed by atoms with van der Waals surface area (Å²) in [7, 11) is 1.91. The number of ether oxygens (including phenoxy) is 2. The Balaban J connectivity index is 1.56. The van der Waals surface area contributed by atoms with Crippen LogP contribution in [0.25, 0.3) is 10.1 Å². The van der Waals surface area contributed by atoms with E-state index in [4.69, 9.17) is 14.6 Å². The minimum absolute atomic E-state index is 0.0416. The third kappa shape index (κ3) is 5.30. The zero-order valence-electron chi connectivity index (χ0n) is 18.3. The summed E-state index contributed by atoms with van der Waals surface area (Å²) in [5, 5.41) is 12.5. The van der Waals surface area contributed by atoms with Gasteiger partial charge in [-0.25, -0.2) is 0 Å². The van der Waals surface area contributed by atoms with E-state index in [-0.39, 0.29) is 24.5 Å². The van der Waals surface area contributed by atoms with Gasteiger partial charge in [0, 0.05) is 36.7 Å². The van der Waals surface area contributed by atoms with Crippen molar-refractivity contribution in [1.82, 2.24) is 4.90 Å². The highest BCUT2D eigenvalue weighted by molar-refractivity contribution is 7.17. The molecular formula is C25H33NO4S. The summed E-state index contributed by atoms with van der Waals surface area (Å²) < 4.78 is 13.3. The van der Waals surface area contributed by atoms with Gasteiger partial charge in [-0.2, -0.15) is 0 Å². The van der Waals surface area contributed by atoms with Gasteiger partial charge in [-0.05, 0) is 54.2 Å². The molecule has 1 aliphatic heterocycles. The highest BCUT2D eigenvalue weighted by Gasteiger charge is 2.33. The predicted octanol–water partition coefficient (Wildman–Crippen LogP) is 5.20. The van der Waals surface area contributed by atoms with Crippen LogP contribution in [0.5, 0.6) is 0 Å². The molecule has 0 saturated heterocycles. The number of hydrogen-bond acceptors (Lipinski definition) is 5. The number of fused-ring (bicyclic) bond motifs is 1. The monoisotopic (exact) mass is 443 g/mol. The summed E-state index contributed by atoms with van der Waals surface area (Å²) >= 11 is 1.74. The molecule has 168 valence electrons. The molecule has 0 radical (unpaired) electrons. The summed E-state index contributed by atoms with van der Waals surface area (Å²) in [6, 6.07) is 8.70.